The Hall–Kier alpha value is -2.38. The maximum atomic E-state index is 12.4. The molecule has 8 heteroatoms. The van der Waals surface area contributed by atoms with Crippen LogP contribution in [0, 0.1) is 12.8 Å². The van der Waals surface area contributed by atoms with Gasteiger partial charge in [-0.3, -0.25) is 4.79 Å². The fraction of sp³-hybridized carbons (Fsp3) is 0.647. The molecule has 0 atom stereocenters. The summed E-state index contributed by atoms with van der Waals surface area (Å²) in [6, 6.07) is -0.671. The molecule has 1 aromatic heterocycles. The van der Waals surface area contributed by atoms with Crippen LogP contribution in [0.15, 0.2) is 15.8 Å². The van der Waals surface area contributed by atoms with Crippen molar-refractivity contribution in [3.05, 3.63) is 32.6 Å². The van der Waals surface area contributed by atoms with Crippen LogP contribution in [-0.4, -0.2) is 34.4 Å². The highest BCUT2D eigenvalue weighted by Gasteiger charge is 2.20. The summed E-state index contributed by atoms with van der Waals surface area (Å²) in [5, 5.41) is 2.62. The highest BCUT2D eigenvalue weighted by Crippen LogP contribution is 1.98. The molecule has 1 rings (SSSR count). The van der Waals surface area contributed by atoms with E-state index in [1.165, 1.54) is 6.92 Å². The number of nitrogens with zero attached hydrogens (tertiary/aromatic N) is 2. The summed E-state index contributed by atoms with van der Waals surface area (Å²) < 4.78 is 6.03. The SMILES string of the molecule is CCCCCCNC(=O)n1cc(C)c(=O)n(C(=O)OCC(C)C)c1=O. The van der Waals surface area contributed by atoms with Crippen LogP contribution in [0.5, 0.6) is 0 Å². The molecule has 1 aromatic rings. The number of aromatic nitrogens is 2. The predicted octanol–water partition coefficient (Wildman–Crippen LogP) is 2.10. The van der Waals surface area contributed by atoms with E-state index in [4.69, 9.17) is 4.74 Å². The van der Waals surface area contributed by atoms with Crippen LogP contribution < -0.4 is 16.6 Å². The summed E-state index contributed by atoms with van der Waals surface area (Å²) in [7, 11) is 0. The van der Waals surface area contributed by atoms with E-state index in [1.807, 2.05) is 13.8 Å². The molecule has 0 aromatic carbocycles. The van der Waals surface area contributed by atoms with E-state index in [2.05, 4.69) is 12.2 Å². The molecule has 0 bridgehead atoms. The van der Waals surface area contributed by atoms with Crippen molar-refractivity contribution in [1.82, 2.24) is 14.5 Å². The summed E-state index contributed by atoms with van der Waals surface area (Å²) in [6.45, 7) is 7.66. The van der Waals surface area contributed by atoms with Crippen LogP contribution in [0.2, 0.25) is 0 Å². The second-order valence-electron chi connectivity index (χ2n) is 6.37. The molecule has 8 nitrogen and oxygen atoms in total. The average Bonchev–Trinajstić information content (AvgIpc) is 2.56. The van der Waals surface area contributed by atoms with E-state index in [0.29, 0.717) is 11.1 Å². The molecule has 1 amide bonds. The van der Waals surface area contributed by atoms with E-state index in [0.717, 1.165) is 36.4 Å². The van der Waals surface area contributed by atoms with Crippen LogP contribution in [-0.2, 0) is 4.74 Å². The van der Waals surface area contributed by atoms with Crippen molar-refractivity contribution in [3.8, 4) is 0 Å². The first-order valence-electron chi connectivity index (χ1n) is 8.60. The summed E-state index contributed by atoms with van der Waals surface area (Å²) in [5.74, 6) is 0.0538. The first-order valence-corrected chi connectivity index (χ1v) is 8.60. The summed E-state index contributed by atoms with van der Waals surface area (Å²) in [4.78, 5) is 48.7. The molecule has 0 aliphatic heterocycles. The Morgan fingerprint density at radius 2 is 1.88 bits per heavy atom. The Balaban J connectivity index is 2.98. The van der Waals surface area contributed by atoms with Gasteiger partial charge in [0.25, 0.3) is 5.56 Å². The minimum absolute atomic E-state index is 0.0538. The lowest BCUT2D eigenvalue weighted by atomic mass is 10.2. The number of hydrogen-bond acceptors (Lipinski definition) is 5. The highest BCUT2D eigenvalue weighted by atomic mass is 16.6. The Kier molecular flexibility index (Phi) is 8.10. The maximum Gasteiger partial charge on any atom is 0.425 e. The molecule has 0 saturated heterocycles. The van der Waals surface area contributed by atoms with Gasteiger partial charge in [-0.2, -0.15) is 4.57 Å². The van der Waals surface area contributed by atoms with Crippen LogP contribution in [0.4, 0.5) is 9.59 Å². The number of ether oxygens (including phenoxy) is 1. The zero-order valence-electron chi connectivity index (χ0n) is 15.3. The maximum absolute atomic E-state index is 12.4. The molecule has 1 heterocycles. The van der Waals surface area contributed by atoms with Crippen molar-refractivity contribution in [1.29, 1.82) is 0 Å². The first kappa shape index (κ1) is 20.7. The van der Waals surface area contributed by atoms with Crippen LogP contribution in [0.3, 0.4) is 0 Å². The molecule has 140 valence electrons. The number of unbranched alkanes of at least 4 members (excludes halogenated alkanes) is 3. The van der Waals surface area contributed by atoms with E-state index >= 15 is 0 Å². The van der Waals surface area contributed by atoms with E-state index in [1.54, 1.807) is 0 Å². The molecule has 0 fully saturated rings. The van der Waals surface area contributed by atoms with Crippen LogP contribution in [0.25, 0.3) is 0 Å². The van der Waals surface area contributed by atoms with Gasteiger partial charge < -0.3 is 10.1 Å². The summed E-state index contributed by atoms with van der Waals surface area (Å²) >= 11 is 0. The summed E-state index contributed by atoms with van der Waals surface area (Å²) in [5.41, 5.74) is -1.72. The van der Waals surface area contributed by atoms with Gasteiger partial charge in [0.15, 0.2) is 0 Å². The highest BCUT2D eigenvalue weighted by molar-refractivity contribution is 5.77. The quantitative estimate of drug-likeness (QED) is 0.757. The smallest absolute Gasteiger partial charge is 0.425 e. The number of rotatable bonds is 7. The van der Waals surface area contributed by atoms with Gasteiger partial charge in [0.2, 0.25) is 0 Å². The first-order chi connectivity index (χ1) is 11.8. The van der Waals surface area contributed by atoms with Crippen LogP contribution >= 0.6 is 0 Å². The standard InChI is InChI=1S/C17H27N3O5/c1-5-6-7-8-9-18-15(22)19-10-13(4)14(21)20(16(19)23)17(24)25-11-12(2)3/h10,12H,5-9,11H2,1-4H3,(H,18,22). The minimum atomic E-state index is -1.07. The van der Waals surface area contributed by atoms with Crippen molar-refractivity contribution >= 4 is 12.1 Å². The second-order valence-corrected chi connectivity index (χ2v) is 6.37. The predicted molar refractivity (Wildman–Crippen MR) is 94.2 cm³/mol. The van der Waals surface area contributed by atoms with E-state index in [-0.39, 0.29) is 18.1 Å². The molecule has 0 saturated carbocycles. The molecule has 0 radical (unpaired) electrons. The van der Waals surface area contributed by atoms with Gasteiger partial charge in [0.05, 0.1) is 6.61 Å². The minimum Gasteiger partial charge on any atom is -0.448 e. The fourth-order valence-corrected chi connectivity index (χ4v) is 2.12. The Morgan fingerprint density at radius 1 is 1.20 bits per heavy atom. The average molecular weight is 353 g/mol. The van der Waals surface area contributed by atoms with Crippen molar-refractivity contribution in [3.63, 3.8) is 0 Å². The third kappa shape index (κ3) is 5.88. The molecule has 1 N–H and O–H groups in total. The van der Waals surface area contributed by atoms with Crippen molar-refractivity contribution in [2.24, 2.45) is 5.92 Å². The zero-order valence-corrected chi connectivity index (χ0v) is 15.3. The largest absolute Gasteiger partial charge is 0.448 e. The van der Waals surface area contributed by atoms with Crippen molar-refractivity contribution in [2.75, 3.05) is 13.2 Å². The number of nitrogens with one attached hydrogen (secondary N) is 1. The molecule has 0 aliphatic carbocycles. The lowest BCUT2D eigenvalue weighted by molar-refractivity contribution is 0.132. The van der Waals surface area contributed by atoms with Crippen molar-refractivity contribution < 1.29 is 14.3 Å². The zero-order chi connectivity index (χ0) is 19.0. The second kappa shape index (κ2) is 9.80. The van der Waals surface area contributed by atoms with Gasteiger partial charge in [-0.05, 0) is 19.3 Å². The van der Waals surface area contributed by atoms with Crippen molar-refractivity contribution in [2.45, 2.75) is 53.4 Å². The van der Waals surface area contributed by atoms with E-state index < -0.39 is 23.4 Å². The van der Waals surface area contributed by atoms with Gasteiger partial charge in [0.1, 0.15) is 0 Å². The Labute approximate surface area is 146 Å². The van der Waals surface area contributed by atoms with Gasteiger partial charge in [-0.1, -0.05) is 40.0 Å². The fourth-order valence-electron chi connectivity index (χ4n) is 2.12. The van der Waals surface area contributed by atoms with E-state index in [9.17, 15) is 19.2 Å². The third-order valence-corrected chi connectivity index (χ3v) is 3.51. The number of aryl methyl sites for hydroxylation is 1. The molecule has 0 aliphatic rings. The molecule has 0 spiro atoms. The normalized spacial score (nSPS) is 10.8. The van der Waals surface area contributed by atoms with Gasteiger partial charge in [0, 0.05) is 18.3 Å². The van der Waals surface area contributed by atoms with Gasteiger partial charge >= 0.3 is 17.8 Å². The van der Waals surface area contributed by atoms with Crippen LogP contribution in [0.1, 0.15) is 52.0 Å². The van der Waals surface area contributed by atoms with Gasteiger partial charge in [-0.25, -0.2) is 19.0 Å². The Bertz CT molecular complexity index is 718. The Morgan fingerprint density at radius 3 is 2.48 bits per heavy atom. The molecular weight excluding hydrogens is 326 g/mol. The molecule has 0 unspecified atom stereocenters. The molecular formula is C17H27N3O5. The lowest BCUT2D eigenvalue weighted by Gasteiger charge is -2.12. The summed E-state index contributed by atoms with van der Waals surface area (Å²) in [6.07, 6.45) is 3.99. The number of amides is 1. The third-order valence-electron chi connectivity index (χ3n) is 3.51. The number of carbonyl (C=O) groups excluding carboxylic acids is 2. The molecule has 25 heavy (non-hydrogen) atoms. The monoisotopic (exact) mass is 353 g/mol. The number of carbonyl (C=O) groups is 2. The lowest BCUT2D eigenvalue weighted by Crippen LogP contribution is -2.48. The van der Waals surface area contributed by atoms with Gasteiger partial charge in [-0.15, -0.1) is 0 Å². The number of hydrogen-bond donors (Lipinski definition) is 1. The topological polar surface area (TPSA) is 99.4 Å².